The van der Waals surface area contributed by atoms with E-state index in [1.54, 1.807) is 0 Å². The summed E-state index contributed by atoms with van der Waals surface area (Å²) in [5, 5.41) is 12.2. The molecule has 1 aliphatic heterocycles. The van der Waals surface area contributed by atoms with Crippen molar-refractivity contribution in [3.63, 3.8) is 0 Å². The minimum atomic E-state index is -3.46. The van der Waals surface area contributed by atoms with Crippen molar-refractivity contribution in [1.82, 2.24) is 14.3 Å². The molecule has 6 nitrogen and oxygen atoms in total. The van der Waals surface area contributed by atoms with Crippen LogP contribution < -0.4 is 10.0 Å². The van der Waals surface area contributed by atoms with Crippen LogP contribution in [0, 0.1) is 0 Å². The van der Waals surface area contributed by atoms with E-state index in [9.17, 15) is 8.42 Å². The van der Waals surface area contributed by atoms with Gasteiger partial charge in [-0.05, 0) is 0 Å². The monoisotopic (exact) mass is 257 g/mol. The Labute approximate surface area is 94.8 Å². The maximum Gasteiger partial charge on any atom is 0.279 e. The molecular formula is C7H16ClN3O3S. The Morgan fingerprint density at radius 3 is 2.60 bits per heavy atom. The molecule has 0 bridgehead atoms. The van der Waals surface area contributed by atoms with Crippen LogP contribution in [0.3, 0.4) is 0 Å². The zero-order valence-electron chi connectivity index (χ0n) is 8.32. The van der Waals surface area contributed by atoms with Gasteiger partial charge in [0, 0.05) is 38.6 Å². The standard InChI is InChI=1S/C7H16ClN3O3S/c8-5-7(12)6-10-15(13,14)11-3-1-9-2-4-11/h7,9-10,12H,1-6H2. The molecule has 0 radical (unpaired) electrons. The van der Waals surface area contributed by atoms with E-state index in [2.05, 4.69) is 10.0 Å². The highest BCUT2D eigenvalue weighted by molar-refractivity contribution is 7.87. The fourth-order valence-corrected chi connectivity index (χ4v) is 2.59. The van der Waals surface area contributed by atoms with Crippen molar-refractivity contribution in [2.75, 3.05) is 38.6 Å². The zero-order valence-corrected chi connectivity index (χ0v) is 9.89. The average molecular weight is 258 g/mol. The van der Waals surface area contributed by atoms with Crippen molar-refractivity contribution >= 4 is 21.8 Å². The van der Waals surface area contributed by atoms with Gasteiger partial charge in [0.25, 0.3) is 10.2 Å². The molecule has 1 heterocycles. The van der Waals surface area contributed by atoms with Gasteiger partial charge in [0.05, 0.1) is 6.10 Å². The minimum Gasteiger partial charge on any atom is -0.391 e. The molecule has 3 N–H and O–H groups in total. The number of aliphatic hydroxyl groups is 1. The molecule has 0 aromatic rings. The summed E-state index contributed by atoms with van der Waals surface area (Å²) in [5.74, 6) is 0.0179. The van der Waals surface area contributed by atoms with Gasteiger partial charge in [-0.15, -0.1) is 11.6 Å². The van der Waals surface area contributed by atoms with Gasteiger partial charge in [-0.1, -0.05) is 0 Å². The Hall–Kier alpha value is 0.0800. The lowest BCUT2D eigenvalue weighted by atomic mass is 10.4. The molecule has 1 saturated heterocycles. The molecule has 1 rings (SSSR count). The van der Waals surface area contributed by atoms with Crippen molar-refractivity contribution < 1.29 is 13.5 Å². The SMILES string of the molecule is O=S(=O)(NCC(O)CCl)N1CCNCC1. The smallest absolute Gasteiger partial charge is 0.279 e. The normalized spacial score (nSPS) is 21.5. The fourth-order valence-electron chi connectivity index (χ4n) is 1.23. The molecule has 0 aromatic carbocycles. The van der Waals surface area contributed by atoms with Crippen LogP contribution in [0.2, 0.25) is 0 Å². The molecule has 0 spiro atoms. The van der Waals surface area contributed by atoms with E-state index in [1.807, 2.05) is 0 Å². The summed E-state index contributed by atoms with van der Waals surface area (Å²) >= 11 is 5.36. The maximum atomic E-state index is 11.6. The summed E-state index contributed by atoms with van der Waals surface area (Å²) in [7, 11) is -3.46. The third-order valence-corrected chi connectivity index (χ3v) is 4.03. The average Bonchev–Trinajstić information content (AvgIpc) is 2.27. The topological polar surface area (TPSA) is 81.7 Å². The number of aliphatic hydroxyl groups excluding tert-OH is 1. The summed E-state index contributed by atoms with van der Waals surface area (Å²) in [5.41, 5.74) is 0. The van der Waals surface area contributed by atoms with Gasteiger partial charge in [-0.25, -0.2) is 0 Å². The highest BCUT2D eigenvalue weighted by Crippen LogP contribution is 2.00. The Balaban J connectivity index is 2.43. The second kappa shape index (κ2) is 5.97. The van der Waals surface area contributed by atoms with E-state index in [4.69, 9.17) is 16.7 Å². The van der Waals surface area contributed by atoms with Gasteiger partial charge in [0.15, 0.2) is 0 Å². The van der Waals surface area contributed by atoms with E-state index in [0.29, 0.717) is 26.2 Å². The molecule has 0 aliphatic carbocycles. The summed E-state index contributed by atoms with van der Waals surface area (Å²) in [4.78, 5) is 0. The predicted octanol–water partition coefficient (Wildman–Crippen LogP) is -1.67. The highest BCUT2D eigenvalue weighted by Gasteiger charge is 2.23. The summed E-state index contributed by atoms with van der Waals surface area (Å²) < 4.78 is 26.9. The second-order valence-corrected chi connectivity index (χ2v) is 5.37. The molecule has 0 aromatic heterocycles. The van der Waals surface area contributed by atoms with Gasteiger partial charge in [-0.3, -0.25) is 0 Å². The number of nitrogens with one attached hydrogen (secondary N) is 2. The Morgan fingerprint density at radius 1 is 1.47 bits per heavy atom. The van der Waals surface area contributed by atoms with Crippen LogP contribution in [0.25, 0.3) is 0 Å². The fraction of sp³-hybridized carbons (Fsp3) is 1.00. The van der Waals surface area contributed by atoms with Crippen molar-refractivity contribution in [2.45, 2.75) is 6.10 Å². The molecular weight excluding hydrogens is 242 g/mol. The third kappa shape index (κ3) is 4.21. The van der Waals surface area contributed by atoms with Gasteiger partial charge in [0.1, 0.15) is 0 Å². The van der Waals surface area contributed by atoms with Crippen molar-refractivity contribution in [3.05, 3.63) is 0 Å². The Kier molecular flexibility index (Phi) is 5.24. The van der Waals surface area contributed by atoms with Gasteiger partial charge >= 0.3 is 0 Å². The van der Waals surface area contributed by atoms with E-state index in [-0.39, 0.29) is 12.4 Å². The number of alkyl halides is 1. The maximum absolute atomic E-state index is 11.6. The summed E-state index contributed by atoms with van der Waals surface area (Å²) in [6.45, 7) is 2.16. The van der Waals surface area contributed by atoms with Gasteiger partial charge < -0.3 is 10.4 Å². The first-order valence-electron chi connectivity index (χ1n) is 4.76. The summed E-state index contributed by atoms with van der Waals surface area (Å²) in [6, 6.07) is 0. The molecule has 1 atom stereocenters. The molecule has 1 fully saturated rings. The number of hydrogen-bond acceptors (Lipinski definition) is 4. The quantitative estimate of drug-likeness (QED) is 0.514. The number of halogens is 1. The lowest BCUT2D eigenvalue weighted by molar-refractivity contribution is 0.200. The first-order chi connectivity index (χ1) is 7.06. The van der Waals surface area contributed by atoms with Crippen LogP contribution in [0.15, 0.2) is 0 Å². The van der Waals surface area contributed by atoms with E-state index in [1.165, 1.54) is 4.31 Å². The Bertz CT molecular complexity index is 279. The number of piperazine rings is 1. The Morgan fingerprint density at radius 2 is 2.07 bits per heavy atom. The van der Waals surface area contributed by atoms with E-state index in [0.717, 1.165) is 0 Å². The van der Waals surface area contributed by atoms with Crippen molar-refractivity contribution in [2.24, 2.45) is 0 Å². The predicted molar refractivity (Wildman–Crippen MR) is 58.1 cm³/mol. The van der Waals surface area contributed by atoms with Crippen LogP contribution in [-0.2, 0) is 10.2 Å². The largest absolute Gasteiger partial charge is 0.391 e. The first kappa shape index (κ1) is 13.1. The second-order valence-electron chi connectivity index (χ2n) is 3.31. The van der Waals surface area contributed by atoms with Crippen LogP contribution in [0.4, 0.5) is 0 Å². The lowest BCUT2D eigenvalue weighted by Crippen LogP contribution is -2.51. The van der Waals surface area contributed by atoms with Crippen LogP contribution in [-0.4, -0.2) is 62.5 Å². The third-order valence-electron chi connectivity index (χ3n) is 2.10. The minimum absolute atomic E-state index is 0.0179. The molecule has 1 aliphatic rings. The summed E-state index contributed by atoms with van der Waals surface area (Å²) in [6.07, 6.45) is -0.843. The van der Waals surface area contributed by atoms with Gasteiger partial charge in [0.2, 0.25) is 0 Å². The van der Waals surface area contributed by atoms with Crippen LogP contribution in [0.5, 0.6) is 0 Å². The highest BCUT2D eigenvalue weighted by atomic mass is 35.5. The molecule has 1 unspecified atom stereocenters. The van der Waals surface area contributed by atoms with Gasteiger partial charge in [-0.2, -0.15) is 17.4 Å². The van der Waals surface area contributed by atoms with Crippen molar-refractivity contribution in [1.29, 1.82) is 0 Å². The molecule has 90 valence electrons. The molecule has 15 heavy (non-hydrogen) atoms. The van der Waals surface area contributed by atoms with E-state index < -0.39 is 16.3 Å². The first-order valence-corrected chi connectivity index (χ1v) is 6.73. The lowest BCUT2D eigenvalue weighted by Gasteiger charge is -2.26. The van der Waals surface area contributed by atoms with E-state index >= 15 is 0 Å². The number of nitrogens with zero attached hydrogens (tertiary/aromatic N) is 1. The van der Waals surface area contributed by atoms with Crippen LogP contribution >= 0.6 is 11.6 Å². The van der Waals surface area contributed by atoms with Crippen LogP contribution in [0.1, 0.15) is 0 Å². The molecule has 0 saturated carbocycles. The number of hydrogen-bond donors (Lipinski definition) is 3. The number of rotatable bonds is 5. The van der Waals surface area contributed by atoms with Crippen molar-refractivity contribution in [3.8, 4) is 0 Å². The zero-order chi connectivity index (χ0) is 11.3. The molecule has 0 amide bonds. The molecule has 8 heteroatoms.